The van der Waals surface area contributed by atoms with Crippen LogP contribution in [0.2, 0.25) is 0 Å². The summed E-state index contributed by atoms with van der Waals surface area (Å²) in [5.74, 6) is 0. The van der Waals surface area contributed by atoms with E-state index in [1.807, 2.05) is 12.1 Å². The fourth-order valence-electron chi connectivity index (χ4n) is 1.32. The van der Waals surface area contributed by atoms with Crippen LogP contribution in [-0.2, 0) is 13.0 Å². The Labute approximate surface area is 101 Å². The Morgan fingerprint density at radius 3 is 2.93 bits per heavy atom. The Kier molecular flexibility index (Phi) is 3.51. The number of benzene rings is 1. The summed E-state index contributed by atoms with van der Waals surface area (Å²) in [5, 5.41) is 9.96. The molecule has 2 aromatic rings. The van der Waals surface area contributed by atoms with E-state index in [0.29, 0.717) is 0 Å². The van der Waals surface area contributed by atoms with Gasteiger partial charge in [0.1, 0.15) is 0 Å². The molecule has 0 fully saturated rings. The monoisotopic (exact) mass is 283 g/mol. The maximum Gasteiger partial charge on any atom is 0.0972 e. The van der Waals surface area contributed by atoms with Gasteiger partial charge in [0.2, 0.25) is 0 Å². The number of thiazole rings is 1. The molecule has 78 valence electrons. The molecular weight excluding hydrogens is 274 g/mol. The zero-order chi connectivity index (χ0) is 10.7. The van der Waals surface area contributed by atoms with Gasteiger partial charge in [-0.15, -0.1) is 11.3 Å². The molecule has 1 aromatic heterocycles. The summed E-state index contributed by atoms with van der Waals surface area (Å²) in [4.78, 5) is 5.17. The predicted octanol–water partition coefficient (Wildman–Crippen LogP) is 2.99. The van der Waals surface area contributed by atoms with Gasteiger partial charge >= 0.3 is 0 Å². The first kappa shape index (κ1) is 10.8. The minimum Gasteiger partial charge on any atom is -0.391 e. The highest BCUT2D eigenvalue weighted by atomic mass is 79.9. The minimum atomic E-state index is 0.0795. The molecule has 2 rings (SSSR count). The van der Waals surface area contributed by atoms with Crippen LogP contribution in [0.15, 0.2) is 34.9 Å². The fourth-order valence-corrected chi connectivity index (χ4v) is 2.59. The van der Waals surface area contributed by atoms with E-state index in [1.165, 1.54) is 5.56 Å². The number of hydrogen-bond donors (Lipinski definition) is 1. The molecule has 4 heteroatoms. The molecular formula is C11H10BrNOS. The minimum absolute atomic E-state index is 0.0795. The van der Waals surface area contributed by atoms with E-state index in [0.717, 1.165) is 20.8 Å². The molecule has 0 radical (unpaired) electrons. The van der Waals surface area contributed by atoms with Gasteiger partial charge in [0.15, 0.2) is 0 Å². The van der Waals surface area contributed by atoms with Crippen molar-refractivity contribution in [2.45, 2.75) is 13.0 Å². The quantitative estimate of drug-likeness (QED) is 0.940. The molecule has 1 heterocycles. The average Bonchev–Trinajstić information content (AvgIpc) is 2.65. The second-order valence-corrected chi connectivity index (χ2v) is 5.30. The standard InChI is InChI=1S/C11H10BrNOS/c12-9-3-1-2-8(4-9)5-11-13-6-10(7-14)15-11/h1-4,6,14H,5,7H2. The molecule has 1 aromatic carbocycles. The van der Waals surface area contributed by atoms with Crippen molar-refractivity contribution in [2.75, 3.05) is 0 Å². The van der Waals surface area contributed by atoms with E-state index in [4.69, 9.17) is 5.11 Å². The molecule has 0 amide bonds. The van der Waals surface area contributed by atoms with E-state index in [-0.39, 0.29) is 6.61 Å². The summed E-state index contributed by atoms with van der Waals surface area (Å²) in [6, 6.07) is 8.18. The van der Waals surface area contributed by atoms with Crippen LogP contribution in [-0.4, -0.2) is 10.1 Å². The van der Waals surface area contributed by atoms with Gasteiger partial charge in [0, 0.05) is 17.1 Å². The molecule has 0 spiro atoms. The highest BCUT2D eigenvalue weighted by Gasteiger charge is 2.02. The van der Waals surface area contributed by atoms with Gasteiger partial charge in [-0.25, -0.2) is 4.98 Å². The fraction of sp³-hybridized carbons (Fsp3) is 0.182. The lowest BCUT2D eigenvalue weighted by atomic mass is 10.2. The summed E-state index contributed by atoms with van der Waals surface area (Å²) in [6.45, 7) is 0.0795. The van der Waals surface area contributed by atoms with Crippen molar-refractivity contribution in [3.63, 3.8) is 0 Å². The number of hydrogen-bond acceptors (Lipinski definition) is 3. The third-order valence-corrected chi connectivity index (χ3v) is 3.48. The summed E-state index contributed by atoms with van der Waals surface area (Å²) < 4.78 is 1.08. The summed E-state index contributed by atoms with van der Waals surface area (Å²) >= 11 is 4.99. The van der Waals surface area contributed by atoms with Crippen LogP contribution in [0.4, 0.5) is 0 Å². The highest BCUT2D eigenvalue weighted by molar-refractivity contribution is 9.10. The van der Waals surface area contributed by atoms with Crippen LogP contribution in [0.25, 0.3) is 0 Å². The van der Waals surface area contributed by atoms with Gasteiger partial charge in [-0.2, -0.15) is 0 Å². The van der Waals surface area contributed by atoms with Crippen molar-refractivity contribution in [2.24, 2.45) is 0 Å². The lowest BCUT2D eigenvalue weighted by molar-refractivity contribution is 0.285. The van der Waals surface area contributed by atoms with Crippen LogP contribution in [0, 0.1) is 0 Å². The second-order valence-electron chi connectivity index (χ2n) is 3.19. The lowest BCUT2D eigenvalue weighted by Crippen LogP contribution is -1.85. The van der Waals surface area contributed by atoms with Crippen molar-refractivity contribution in [1.82, 2.24) is 4.98 Å². The first-order valence-corrected chi connectivity index (χ1v) is 6.18. The Morgan fingerprint density at radius 1 is 1.40 bits per heavy atom. The number of rotatable bonds is 3. The van der Waals surface area contributed by atoms with Crippen molar-refractivity contribution in [1.29, 1.82) is 0 Å². The number of aromatic nitrogens is 1. The molecule has 0 aliphatic rings. The smallest absolute Gasteiger partial charge is 0.0972 e. The zero-order valence-electron chi connectivity index (χ0n) is 7.98. The number of halogens is 1. The Morgan fingerprint density at radius 2 is 2.27 bits per heavy atom. The van der Waals surface area contributed by atoms with Gasteiger partial charge in [0.05, 0.1) is 16.5 Å². The summed E-state index contributed by atoms with van der Waals surface area (Å²) in [5.41, 5.74) is 1.23. The SMILES string of the molecule is OCc1cnc(Cc2cccc(Br)c2)s1. The third kappa shape index (κ3) is 2.87. The first-order valence-electron chi connectivity index (χ1n) is 4.57. The number of nitrogens with zero attached hydrogens (tertiary/aromatic N) is 1. The zero-order valence-corrected chi connectivity index (χ0v) is 10.4. The lowest BCUT2D eigenvalue weighted by Gasteiger charge is -1.98. The molecule has 2 nitrogen and oxygen atoms in total. The van der Waals surface area contributed by atoms with E-state index >= 15 is 0 Å². The third-order valence-electron chi connectivity index (χ3n) is 2.00. The largest absolute Gasteiger partial charge is 0.391 e. The first-order chi connectivity index (χ1) is 7.28. The number of aliphatic hydroxyl groups is 1. The number of aliphatic hydroxyl groups excluding tert-OH is 1. The van der Waals surface area contributed by atoms with E-state index in [1.54, 1.807) is 17.5 Å². The maximum atomic E-state index is 8.92. The molecule has 0 atom stereocenters. The Balaban J connectivity index is 2.14. The molecule has 1 N–H and O–H groups in total. The molecule has 0 aliphatic carbocycles. The molecule has 15 heavy (non-hydrogen) atoms. The molecule has 0 aliphatic heterocycles. The van der Waals surface area contributed by atoms with E-state index < -0.39 is 0 Å². The predicted molar refractivity (Wildman–Crippen MR) is 65.0 cm³/mol. The van der Waals surface area contributed by atoms with Crippen molar-refractivity contribution in [3.8, 4) is 0 Å². The van der Waals surface area contributed by atoms with Crippen LogP contribution >= 0.6 is 27.3 Å². The van der Waals surface area contributed by atoms with Gasteiger partial charge in [0.25, 0.3) is 0 Å². The molecule has 0 bridgehead atoms. The van der Waals surface area contributed by atoms with Crippen LogP contribution in [0.5, 0.6) is 0 Å². The van der Waals surface area contributed by atoms with Crippen LogP contribution in [0.1, 0.15) is 15.4 Å². The van der Waals surface area contributed by atoms with Gasteiger partial charge in [-0.05, 0) is 17.7 Å². The summed E-state index contributed by atoms with van der Waals surface area (Å²) in [7, 11) is 0. The van der Waals surface area contributed by atoms with Crippen LogP contribution in [0.3, 0.4) is 0 Å². The van der Waals surface area contributed by atoms with Gasteiger partial charge < -0.3 is 5.11 Å². The topological polar surface area (TPSA) is 33.1 Å². The van der Waals surface area contributed by atoms with Gasteiger partial charge in [-0.3, -0.25) is 0 Å². The van der Waals surface area contributed by atoms with E-state index in [2.05, 4.69) is 33.0 Å². The molecule has 0 saturated heterocycles. The second kappa shape index (κ2) is 4.88. The van der Waals surface area contributed by atoms with Crippen molar-refractivity contribution >= 4 is 27.3 Å². The molecule has 0 unspecified atom stereocenters. The van der Waals surface area contributed by atoms with Gasteiger partial charge in [-0.1, -0.05) is 28.1 Å². The highest BCUT2D eigenvalue weighted by Crippen LogP contribution is 2.19. The average molecular weight is 284 g/mol. The Bertz CT molecular complexity index is 455. The Hall–Kier alpha value is -0.710. The summed E-state index contributed by atoms with van der Waals surface area (Å²) in [6.07, 6.45) is 2.56. The van der Waals surface area contributed by atoms with E-state index in [9.17, 15) is 0 Å². The maximum absolute atomic E-state index is 8.92. The molecule has 0 saturated carbocycles. The van der Waals surface area contributed by atoms with Crippen molar-refractivity contribution in [3.05, 3.63) is 50.4 Å². The normalized spacial score (nSPS) is 10.5. The van der Waals surface area contributed by atoms with Crippen molar-refractivity contribution < 1.29 is 5.11 Å². The van der Waals surface area contributed by atoms with Crippen LogP contribution < -0.4 is 0 Å².